The fraction of sp³-hybridized carbons (Fsp3) is 0.200. The Balaban J connectivity index is 0.000000231. The molecule has 10 nitrogen and oxygen atoms in total. The van der Waals surface area contributed by atoms with Crippen molar-refractivity contribution in [2.24, 2.45) is 0 Å². The summed E-state index contributed by atoms with van der Waals surface area (Å²) in [6.45, 7) is 7.62. The van der Waals surface area contributed by atoms with Crippen molar-refractivity contribution in [2.75, 3.05) is 0 Å². The summed E-state index contributed by atoms with van der Waals surface area (Å²) < 4.78 is 78.1. The maximum atomic E-state index is 14.3. The van der Waals surface area contributed by atoms with Crippen molar-refractivity contribution in [2.45, 2.75) is 85.1 Å². The van der Waals surface area contributed by atoms with Gasteiger partial charge < -0.3 is 30.7 Å². The second-order valence-electron chi connectivity index (χ2n) is 18.9. The van der Waals surface area contributed by atoms with Gasteiger partial charge in [0.15, 0.2) is 0 Å². The van der Waals surface area contributed by atoms with Gasteiger partial charge in [0.05, 0.1) is 5.56 Å². The molecule has 8 rings (SSSR count). The van der Waals surface area contributed by atoms with Crippen LogP contribution >= 0.6 is 0 Å². The van der Waals surface area contributed by atoms with Crippen LogP contribution in [0.5, 0.6) is 0 Å². The molecule has 0 aliphatic rings. The molecule has 0 bridgehead atoms. The van der Waals surface area contributed by atoms with E-state index in [1.807, 2.05) is 85.8 Å². The Morgan fingerprint density at radius 3 is 1.32 bits per heavy atom. The quantitative estimate of drug-likeness (QED) is 0.0632. The average Bonchev–Trinajstić information content (AvgIpc) is 3.46. The van der Waals surface area contributed by atoms with Crippen LogP contribution < -0.4 is 21.3 Å². The lowest BCUT2D eigenvalue weighted by Crippen LogP contribution is -2.26. The van der Waals surface area contributed by atoms with E-state index in [-0.39, 0.29) is 49.9 Å². The van der Waals surface area contributed by atoms with Crippen molar-refractivity contribution in [1.82, 2.24) is 21.3 Å². The van der Waals surface area contributed by atoms with Crippen molar-refractivity contribution in [3.63, 3.8) is 0 Å². The van der Waals surface area contributed by atoms with Crippen molar-refractivity contribution in [3.8, 4) is 22.3 Å². The van der Waals surface area contributed by atoms with Crippen LogP contribution in [0, 0.1) is 25.5 Å². The second-order valence-corrected chi connectivity index (χ2v) is 18.9. The predicted molar refractivity (Wildman–Crippen MR) is 299 cm³/mol. The van der Waals surface area contributed by atoms with Crippen LogP contribution in [0.2, 0.25) is 0 Å². The highest BCUT2D eigenvalue weighted by Crippen LogP contribution is 2.32. The summed E-state index contributed by atoms with van der Waals surface area (Å²) in [5.74, 6) is -1.43. The Kier molecular flexibility index (Phi) is 20.5. The minimum atomic E-state index is -4.45. The summed E-state index contributed by atoms with van der Waals surface area (Å²) in [6.07, 6.45) is -5.21. The number of nitrogens with one attached hydrogen (secondary N) is 4. The summed E-state index contributed by atoms with van der Waals surface area (Å²) in [7, 11) is 0. The Labute approximate surface area is 462 Å². The van der Waals surface area contributed by atoms with Gasteiger partial charge in [-0.05, 0) is 119 Å². The standard InChI is InChI=1S/C33H33FN2O3.C32H28F4N2O3/c1-3-11-31(24-12-5-4-6-13-24)39-33(38)36-21-25-14-7-8-15-27(25)28-16-9-10-17-29(28)32(37)35-22-26-19-18-23(2)20-30(26)34;1-20-11-12-24(29(33)17-20)19-37-30(39)28-10-6-5-9-27(28)26-8-4-3-7-23(26)18-38-31(40)41-21(2)22-13-15-25(16-14-22)32(34,35)36/h4-10,12-20,31H,3,11,21-22H2,1-2H3,(H,35,37)(H,36,38);3-17,21H,18-19H2,1-2H3,(H,37,39)(H,38,40)/t31-;/m0./s1. The van der Waals surface area contributed by atoms with Gasteiger partial charge in [-0.2, -0.15) is 13.2 Å². The van der Waals surface area contributed by atoms with Gasteiger partial charge in [0.25, 0.3) is 11.8 Å². The van der Waals surface area contributed by atoms with Gasteiger partial charge in [-0.15, -0.1) is 0 Å². The normalized spacial score (nSPS) is 11.7. The Bertz CT molecular complexity index is 3410. The first-order valence-corrected chi connectivity index (χ1v) is 26.0. The van der Waals surface area contributed by atoms with E-state index in [1.54, 1.807) is 86.6 Å². The zero-order valence-corrected chi connectivity index (χ0v) is 44.6. The molecule has 8 aromatic rings. The van der Waals surface area contributed by atoms with Crippen LogP contribution in [0.25, 0.3) is 22.3 Å². The molecular weight excluding hydrogens is 1030 g/mol. The van der Waals surface area contributed by atoms with Gasteiger partial charge in [-0.1, -0.05) is 165 Å². The van der Waals surface area contributed by atoms with Gasteiger partial charge in [-0.25, -0.2) is 18.4 Å². The number of alkyl carbamates (subject to hydrolysis) is 2. The van der Waals surface area contributed by atoms with E-state index in [0.29, 0.717) is 44.5 Å². The van der Waals surface area contributed by atoms with Gasteiger partial charge in [0, 0.05) is 48.4 Å². The largest absolute Gasteiger partial charge is 0.442 e. The fourth-order valence-electron chi connectivity index (χ4n) is 8.78. The topological polar surface area (TPSA) is 135 Å². The zero-order valence-electron chi connectivity index (χ0n) is 44.6. The number of carbonyl (C=O) groups is 4. The molecule has 0 spiro atoms. The van der Waals surface area contributed by atoms with Crippen molar-refractivity contribution < 1.29 is 50.6 Å². The molecule has 2 atom stereocenters. The second kappa shape index (κ2) is 28.0. The number of benzene rings is 8. The third-order valence-electron chi connectivity index (χ3n) is 13.1. The number of carbonyl (C=O) groups excluding carboxylic acids is 4. The van der Waals surface area contributed by atoms with E-state index < -0.39 is 35.8 Å². The molecule has 0 heterocycles. The van der Waals surface area contributed by atoms with Crippen LogP contribution in [0.4, 0.5) is 31.5 Å². The highest BCUT2D eigenvalue weighted by Gasteiger charge is 2.30. The molecule has 4 N–H and O–H groups in total. The summed E-state index contributed by atoms with van der Waals surface area (Å²) in [4.78, 5) is 51.5. The molecule has 8 aromatic carbocycles. The van der Waals surface area contributed by atoms with E-state index in [9.17, 15) is 41.1 Å². The third-order valence-corrected chi connectivity index (χ3v) is 13.1. The number of hydrogen-bond donors (Lipinski definition) is 4. The molecule has 0 aromatic heterocycles. The van der Waals surface area contributed by atoms with Crippen molar-refractivity contribution in [3.05, 3.63) is 261 Å². The molecule has 0 fully saturated rings. The SMILES string of the molecule is CCC[C@H](OC(=O)NCc1ccccc1-c1ccccc1C(=O)NCc1ccc(C)cc1F)c1ccccc1.Cc1ccc(CNC(=O)c2ccccc2-c2ccccc2CNC(=O)OC(C)c2ccc(C(F)(F)F)cc2)c(F)c1. The first kappa shape index (κ1) is 58.6. The number of aryl methyl sites for hydroxylation is 2. The summed E-state index contributed by atoms with van der Waals surface area (Å²) in [5, 5.41) is 11.1. The maximum absolute atomic E-state index is 14.3. The van der Waals surface area contributed by atoms with Gasteiger partial charge >= 0.3 is 18.4 Å². The number of hydrogen-bond acceptors (Lipinski definition) is 6. The summed E-state index contributed by atoms with van der Waals surface area (Å²) in [5.41, 5.74) is 8.24. The fourth-order valence-corrected chi connectivity index (χ4v) is 8.78. The van der Waals surface area contributed by atoms with Gasteiger partial charge in [-0.3, -0.25) is 9.59 Å². The molecule has 15 heteroatoms. The number of alkyl halides is 3. The first-order valence-electron chi connectivity index (χ1n) is 26.0. The molecule has 0 aliphatic heterocycles. The summed E-state index contributed by atoms with van der Waals surface area (Å²) in [6, 6.07) is 52.9. The van der Waals surface area contributed by atoms with Gasteiger partial charge in [0.2, 0.25) is 0 Å². The van der Waals surface area contributed by atoms with Crippen molar-refractivity contribution >= 4 is 24.0 Å². The van der Waals surface area contributed by atoms with Crippen LogP contribution in [0.3, 0.4) is 0 Å². The lowest BCUT2D eigenvalue weighted by atomic mass is 9.95. The molecule has 412 valence electrons. The Hall–Kier alpha value is -9.11. The number of halogens is 5. The first-order chi connectivity index (χ1) is 38.5. The van der Waals surface area contributed by atoms with Gasteiger partial charge in [0.1, 0.15) is 23.8 Å². The van der Waals surface area contributed by atoms with Crippen LogP contribution in [0.1, 0.15) is 110 Å². The van der Waals surface area contributed by atoms with E-state index in [2.05, 4.69) is 28.2 Å². The maximum Gasteiger partial charge on any atom is 0.416 e. The number of ether oxygens (including phenoxy) is 2. The molecule has 0 saturated heterocycles. The molecule has 4 amide bonds. The number of amides is 4. The molecule has 0 saturated carbocycles. The van der Waals surface area contributed by atoms with E-state index in [4.69, 9.17) is 9.47 Å². The highest BCUT2D eigenvalue weighted by molar-refractivity contribution is 6.02. The van der Waals surface area contributed by atoms with Crippen LogP contribution in [-0.4, -0.2) is 24.0 Å². The zero-order chi connectivity index (χ0) is 57.2. The lowest BCUT2D eigenvalue weighted by Gasteiger charge is -2.19. The predicted octanol–water partition coefficient (Wildman–Crippen LogP) is 15.2. The van der Waals surface area contributed by atoms with E-state index in [1.165, 1.54) is 24.3 Å². The highest BCUT2D eigenvalue weighted by atomic mass is 19.4. The van der Waals surface area contributed by atoms with Crippen molar-refractivity contribution in [1.29, 1.82) is 0 Å². The molecule has 1 unspecified atom stereocenters. The van der Waals surface area contributed by atoms with Crippen LogP contribution in [0.15, 0.2) is 188 Å². The third kappa shape index (κ3) is 16.2. The minimum Gasteiger partial charge on any atom is -0.442 e. The summed E-state index contributed by atoms with van der Waals surface area (Å²) >= 11 is 0. The Morgan fingerprint density at radius 2 is 0.875 bits per heavy atom. The van der Waals surface area contributed by atoms with E-state index >= 15 is 0 Å². The molecule has 80 heavy (non-hydrogen) atoms. The Morgan fingerprint density at radius 1 is 0.463 bits per heavy atom. The monoisotopic (exact) mass is 1090 g/mol. The molecular formula is C65H61F5N4O6. The smallest absolute Gasteiger partial charge is 0.416 e. The minimum absolute atomic E-state index is 0.0193. The molecule has 0 radical (unpaired) electrons. The number of rotatable bonds is 18. The molecule has 0 aliphatic carbocycles. The average molecular weight is 1090 g/mol. The van der Waals surface area contributed by atoms with Crippen LogP contribution in [-0.2, 0) is 41.8 Å². The lowest BCUT2D eigenvalue weighted by molar-refractivity contribution is -0.137. The van der Waals surface area contributed by atoms with E-state index in [0.717, 1.165) is 58.4 Å².